The average Bonchev–Trinajstić information content (AvgIpc) is 3.29. The molecule has 6 heteroatoms. The predicted molar refractivity (Wildman–Crippen MR) is 81.2 cm³/mol. The van der Waals surface area contributed by atoms with Crippen LogP contribution in [0.2, 0.25) is 0 Å². The molecule has 0 spiro atoms. The summed E-state index contributed by atoms with van der Waals surface area (Å²) in [6, 6.07) is -0.627. The number of hydrogen-bond acceptors (Lipinski definition) is 3. The molecule has 2 rings (SSSR count). The number of amides is 2. The lowest BCUT2D eigenvalue weighted by atomic mass is 9.87. The third kappa shape index (κ3) is 5.00. The molecule has 0 heterocycles. The van der Waals surface area contributed by atoms with Gasteiger partial charge in [-0.1, -0.05) is 19.3 Å². The predicted octanol–water partition coefficient (Wildman–Crippen LogP) is 1.54. The highest BCUT2D eigenvalue weighted by atomic mass is 16.4. The maximum atomic E-state index is 12.3. The van der Waals surface area contributed by atoms with E-state index in [1.165, 1.54) is 24.2 Å². The molecule has 6 nitrogen and oxygen atoms in total. The summed E-state index contributed by atoms with van der Waals surface area (Å²) < 4.78 is 0. The number of nitrogens with zero attached hydrogens (tertiary/aromatic N) is 1. The molecular weight excluding hydrogens is 284 g/mol. The number of hydrogen-bond donors (Lipinski definition) is 2. The van der Waals surface area contributed by atoms with Crippen LogP contribution in [0.1, 0.15) is 58.3 Å². The van der Waals surface area contributed by atoms with Gasteiger partial charge in [-0.3, -0.25) is 14.4 Å². The summed E-state index contributed by atoms with van der Waals surface area (Å²) in [5, 5.41) is 11.6. The highest BCUT2D eigenvalue weighted by molar-refractivity contribution is 5.89. The zero-order valence-corrected chi connectivity index (χ0v) is 13.2. The number of aliphatic carboxylic acids is 1. The minimum atomic E-state index is -1.01. The molecule has 1 atom stereocenters. The van der Waals surface area contributed by atoms with Crippen LogP contribution in [0, 0.1) is 5.92 Å². The second kappa shape index (κ2) is 7.61. The molecule has 0 aliphatic heterocycles. The van der Waals surface area contributed by atoms with Crippen LogP contribution in [0.15, 0.2) is 0 Å². The monoisotopic (exact) mass is 310 g/mol. The summed E-state index contributed by atoms with van der Waals surface area (Å²) in [5.41, 5.74) is 0. The lowest BCUT2D eigenvalue weighted by Gasteiger charge is -2.26. The van der Waals surface area contributed by atoms with Crippen LogP contribution < -0.4 is 5.32 Å². The molecule has 2 saturated carbocycles. The van der Waals surface area contributed by atoms with Gasteiger partial charge in [0.15, 0.2) is 0 Å². The maximum Gasteiger partial charge on any atom is 0.323 e. The van der Waals surface area contributed by atoms with Crippen molar-refractivity contribution in [1.82, 2.24) is 10.2 Å². The van der Waals surface area contributed by atoms with E-state index in [1.807, 2.05) is 0 Å². The van der Waals surface area contributed by atoms with E-state index in [1.54, 1.807) is 6.92 Å². The number of carboxylic acid groups (broad SMARTS) is 1. The summed E-state index contributed by atoms with van der Waals surface area (Å²) in [4.78, 5) is 36.6. The van der Waals surface area contributed by atoms with Crippen molar-refractivity contribution >= 4 is 17.8 Å². The maximum absolute atomic E-state index is 12.3. The Morgan fingerprint density at radius 2 is 1.77 bits per heavy atom. The Morgan fingerprint density at radius 1 is 1.14 bits per heavy atom. The van der Waals surface area contributed by atoms with Gasteiger partial charge in [0.1, 0.15) is 12.6 Å². The number of carbonyl (C=O) groups excluding carboxylic acids is 2. The van der Waals surface area contributed by atoms with Crippen LogP contribution >= 0.6 is 0 Å². The van der Waals surface area contributed by atoms with Crippen LogP contribution in [-0.2, 0) is 14.4 Å². The SMILES string of the molecule is CC(NC(=O)CC1CCCCC1)C(=O)N(CC(=O)O)C1CC1. The molecule has 0 aromatic heterocycles. The number of rotatable bonds is 7. The Kier molecular flexibility index (Phi) is 5.80. The smallest absolute Gasteiger partial charge is 0.323 e. The van der Waals surface area contributed by atoms with Crippen LogP contribution in [0.3, 0.4) is 0 Å². The summed E-state index contributed by atoms with van der Waals surface area (Å²) >= 11 is 0. The van der Waals surface area contributed by atoms with Crippen molar-refractivity contribution in [3.8, 4) is 0 Å². The van der Waals surface area contributed by atoms with Crippen molar-refractivity contribution in [1.29, 1.82) is 0 Å². The Bertz CT molecular complexity index is 428. The largest absolute Gasteiger partial charge is 0.480 e. The van der Waals surface area contributed by atoms with E-state index in [9.17, 15) is 14.4 Å². The molecule has 2 amide bonds. The molecule has 0 bridgehead atoms. The zero-order valence-electron chi connectivity index (χ0n) is 13.2. The Labute approximate surface area is 131 Å². The highest BCUT2D eigenvalue weighted by Crippen LogP contribution is 2.28. The normalized spacial score (nSPS) is 20.2. The van der Waals surface area contributed by atoms with Crippen molar-refractivity contribution < 1.29 is 19.5 Å². The van der Waals surface area contributed by atoms with E-state index in [0.29, 0.717) is 12.3 Å². The second-order valence-corrected chi connectivity index (χ2v) is 6.59. The first kappa shape index (κ1) is 16.8. The summed E-state index contributed by atoms with van der Waals surface area (Å²) in [6.07, 6.45) is 7.95. The lowest BCUT2D eigenvalue weighted by Crippen LogP contribution is -2.49. The van der Waals surface area contributed by atoms with Gasteiger partial charge in [-0.25, -0.2) is 0 Å². The number of carboxylic acids is 1. The van der Waals surface area contributed by atoms with E-state index in [2.05, 4.69) is 5.32 Å². The lowest BCUT2D eigenvalue weighted by molar-refractivity contribution is -0.146. The van der Waals surface area contributed by atoms with E-state index >= 15 is 0 Å². The minimum absolute atomic E-state index is 0.0290. The van der Waals surface area contributed by atoms with Gasteiger partial charge in [-0.05, 0) is 38.5 Å². The van der Waals surface area contributed by atoms with Crippen molar-refractivity contribution in [2.75, 3.05) is 6.54 Å². The third-order valence-corrected chi connectivity index (χ3v) is 4.52. The van der Waals surface area contributed by atoms with Crippen LogP contribution in [-0.4, -0.2) is 46.4 Å². The number of carbonyl (C=O) groups is 3. The quantitative estimate of drug-likeness (QED) is 0.746. The first-order valence-corrected chi connectivity index (χ1v) is 8.29. The van der Waals surface area contributed by atoms with Gasteiger partial charge in [0.05, 0.1) is 0 Å². The molecule has 2 aliphatic carbocycles. The van der Waals surface area contributed by atoms with Gasteiger partial charge in [0.2, 0.25) is 11.8 Å². The second-order valence-electron chi connectivity index (χ2n) is 6.59. The fraction of sp³-hybridized carbons (Fsp3) is 0.812. The molecule has 0 radical (unpaired) electrons. The zero-order chi connectivity index (χ0) is 16.1. The number of nitrogens with one attached hydrogen (secondary N) is 1. The van der Waals surface area contributed by atoms with Crippen LogP contribution in [0.4, 0.5) is 0 Å². The third-order valence-electron chi connectivity index (χ3n) is 4.52. The summed E-state index contributed by atoms with van der Waals surface area (Å²) in [5.74, 6) is -0.976. The van der Waals surface area contributed by atoms with Crippen molar-refractivity contribution in [2.45, 2.75) is 70.4 Å². The Morgan fingerprint density at radius 3 is 2.32 bits per heavy atom. The molecule has 0 aromatic rings. The van der Waals surface area contributed by atoms with Crippen molar-refractivity contribution in [2.24, 2.45) is 5.92 Å². The Hall–Kier alpha value is -1.59. The van der Waals surface area contributed by atoms with E-state index < -0.39 is 12.0 Å². The van der Waals surface area contributed by atoms with Gasteiger partial charge in [0, 0.05) is 12.5 Å². The molecule has 0 saturated heterocycles. The van der Waals surface area contributed by atoms with Gasteiger partial charge in [-0.2, -0.15) is 0 Å². The van der Waals surface area contributed by atoms with E-state index in [-0.39, 0.29) is 24.4 Å². The van der Waals surface area contributed by atoms with Crippen LogP contribution in [0.25, 0.3) is 0 Å². The van der Waals surface area contributed by atoms with Gasteiger partial charge in [0.25, 0.3) is 0 Å². The summed E-state index contributed by atoms with van der Waals surface area (Å²) in [7, 11) is 0. The van der Waals surface area contributed by atoms with Crippen molar-refractivity contribution in [3.05, 3.63) is 0 Å². The molecule has 2 N–H and O–H groups in total. The first-order chi connectivity index (χ1) is 10.5. The molecule has 124 valence electrons. The first-order valence-electron chi connectivity index (χ1n) is 8.29. The van der Waals surface area contributed by atoms with E-state index in [0.717, 1.165) is 25.7 Å². The molecule has 0 aromatic carbocycles. The topological polar surface area (TPSA) is 86.7 Å². The average molecular weight is 310 g/mol. The van der Waals surface area contributed by atoms with Crippen molar-refractivity contribution in [3.63, 3.8) is 0 Å². The van der Waals surface area contributed by atoms with E-state index in [4.69, 9.17) is 5.11 Å². The fourth-order valence-corrected chi connectivity index (χ4v) is 3.18. The molecule has 22 heavy (non-hydrogen) atoms. The van der Waals surface area contributed by atoms with Gasteiger partial charge >= 0.3 is 5.97 Å². The van der Waals surface area contributed by atoms with Crippen LogP contribution in [0.5, 0.6) is 0 Å². The minimum Gasteiger partial charge on any atom is -0.480 e. The standard InChI is InChI=1S/C16H26N2O4/c1-11(16(22)18(10-15(20)21)13-7-8-13)17-14(19)9-12-5-3-2-4-6-12/h11-13H,2-10H2,1H3,(H,17,19)(H,20,21). The summed E-state index contributed by atoms with van der Waals surface area (Å²) in [6.45, 7) is 1.35. The fourth-order valence-electron chi connectivity index (χ4n) is 3.18. The highest BCUT2D eigenvalue weighted by Gasteiger charge is 2.36. The Balaban J connectivity index is 1.81. The van der Waals surface area contributed by atoms with Gasteiger partial charge < -0.3 is 15.3 Å². The molecular formula is C16H26N2O4. The molecule has 1 unspecified atom stereocenters. The molecule has 2 aliphatic rings. The van der Waals surface area contributed by atoms with Gasteiger partial charge in [-0.15, -0.1) is 0 Å². The molecule has 2 fully saturated rings.